The highest BCUT2D eigenvalue weighted by Gasteiger charge is 2.08. The van der Waals surface area contributed by atoms with Gasteiger partial charge in [-0.15, -0.1) is 0 Å². The monoisotopic (exact) mass is 224 g/mol. The number of amides is 1. The molecule has 1 amide bonds. The number of anilines is 1. The van der Waals surface area contributed by atoms with Gasteiger partial charge in [0.2, 0.25) is 5.91 Å². The van der Waals surface area contributed by atoms with Crippen LogP contribution in [0.2, 0.25) is 0 Å². The molecule has 0 bridgehead atoms. The molecule has 1 heterocycles. The van der Waals surface area contributed by atoms with Gasteiger partial charge in [0.05, 0.1) is 17.9 Å². The van der Waals surface area contributed by atoms with Gasteiger partial charge in [-0.05, 0) is 20.3 Å². The molecular formula is C11H20N4O. The van der Waals surface area contributed by atoms with Crippen LogP contribution in [-0.4, -0.2) is 28.3 Å². The van der Waals surface area contributed by atoms with Gasteiger partial charge in [-0.2, -0.15) is 5.10 Å². The maximum absolute atomic E-state index is 11.6. The minimum Gasteiger partial charge on any atom is -0.322 e. The van der Waals surface area contributed by atoms with Crippen molar-refractivity contribution in [3.63, 3.8) is 0 Å². The van der Waals surface area contributed by atoms with Crippen LogP contribution in [0.1, 0.15) is 26.0 Å². The number of nitrogens with one attached hydrogen (secondary N) is 2. The Morgan fingerprint density at radius 2 is 2.31 bits per heavy atom. The molecule has 1 rings (SSSR count). The van der Waals surface area contributed by atoms with Gasteiger partial charge in [0.1, 0.15) is 0 Å². The minimum absolute atomic E-state index is 0.0311. The fourth-order valence-corrected chi connectivity index (χ4v) is 1.33. The molecule has 1 unspecified atom stereocenters. The van der Waals surface area contributed by atoms with Gasteiger partial charge in [0.15, 0.2) is 0 Å². The lowest BCUT2D eigenvalue weighted by Crippen LogP contribution is -2.34. The third kappa shape index (κ3) is 3.66. The minimum atomic E-state index is -0.0311. The van der Waals surface area contributed by atoms with Crippen molar-refractivity contribution in [2.75, 3.05) is 11.9 Å². The number of hydrogen-bond donors (Lipinski definition) is 2. The molecule has 0 fully saturated rings. The van der Waals surface area contributed by atoms with Crippen molar-refractivity contribution in [2.45, 2.75) is 33.2 Å². The first-order valence-corrected chi connectivity index (χ1v) is 5.56. The van der Waals surface area contributed by atoms with Gasteiger partial charge < -0.3 is 10.6 Å². The zero-order valence-corrected chi connectivity index (χ0v) is 10.4. The van der Waals surface area contributed by atoms with Gasteiger partial charge in [-0.25, -0.2) is 0 Å². The van der Waals surface area contributed by atoms with Crippen LogP contribution in [0.25, 0.3) is 0 Å². The van der Waals surface area contributed by atoms with E-state index in [0.29, 0.717) is 12.6 Å². The molecule has 2 N–H and O–H groups in total. The molecule has 0 radical (unpaired) electrons. The largest absolute Gasteiger partial charge is 0.322 e. The van der Waals surface area contributed by atoms with E-state index >= 15 is 0 Å². The van der Waals surface area contributed by atoms with E-state index in [2.05, 4.69) is 29.6 Å². The second-order valence-corrected chi connectivity index (χ2v) is 4.04. The van der Waals surface area contributed by atoms with E-state index in [4.69, 9.17) is 0 Å². The van der Waals surface area contributed by atoms with Crippen LogP contribution in [-0.2, 0) is 11.8 Å². The van der Waals surface area contributed by atoms with Crippen LogP contribution < -0.4 is 10.6 Å². The van der Waals surface area contributed by atoms with Crippen LogP contribution in [0.4, 0.5) is 5.69 Å². The van der Waals surface area contributed by atoms with E-state index in [1.807, 2.05) is 14.0 Å². The number of rotatable bonds is 5. The predicted octanol–water partition coefficient (Wildman–Crippen LogP) is 1.06. The van der Waals surface area contributed by atoms with Crippen LogP contribution in [0.3, 0.4) is 0 Å². The zero-order valence-electron chi connectivity index (χ0n) is 10.4. The second kappa shape index (κ2) is 5.65. The Labute approximate surface area is 96.2 Å². The summed E-state index contributed by atoms with van der Waals surface area (Å²) >= 11 is 0. The molecule has 0 saturated carbocycles. The lowest BCUT2D eigenvalue weighted by molar-refractivity contribution is -0.115. The fraction of sp³-hybridized carbons (Fsp3) is 0.636. The molecule has 5 heteroatoms. The van der Waals surface area contributed by atoms with Crippen molar-refractivity contribution >= 4 is 11.6 Å². The zero-order chi connectivity index (χ0) is 12.1. The molecule has 0 aliphatic heterocycles. The van der Waals surface area contributed by atoms with Gasteiger partial charge in [0.25, 0.3) is 0 Å². The summed E-state index contributed by atoms with van der Waals surface area (Å²) in [7, 11) is 1.83. The maximum Gasteiger partial charge on any atom is 0.238 e. The average Bonchev–Trinajstić information content (AvgIpc) is 2.54. The van der Waals surface area contributed by atoms with Crippen LogP contribution in [0.15, 0.2) is 6.20 Å². The lowest BCUT2D eigenvalue weighted by Gasteiger charge is -2.10. The molecule has 0 saturated heterocycles. The van der Waals surface area contributed by atoms with Crippen molar-refractivity contribution in [1.29, 1.82) is 0 Å². The van der Waals surface area contributed by atoms with E-state index in [1.54, 1.807) is 10.9 Å². The Kier molecular flexibility index (Phi) is 4.49. The quantitative estimate of drug-likeness (QED) is 0.786. The summed E-state index contributed by atoms with van der Waals surface area (Å²) in [5.41, 5.74) is 1.61. The topological polar surface area (TPSA) is 59.0 Å². The Balaban J connectivity index is 2.43. The third-order valence-electron chi connectivity index (χ3n) is 2.51. The van der Waals surface area contributed by atoms with Gasteiger partial charge in [-0.1, -0.05) is 6.92 Å². The second-order valence-electron chi connectivity index (χ2n) is 4.04. The number of aryl methyl sites for hydroxylation is 2. The van der Waals surface area contributed by atoms with Crippen LogP contribution in [0.5, 0.6) is 0 Å². The van der Waals surface area contributed by atoms with Crippen LogP contribution in [0, 0.1) is 6.92 Å². The predicted molar refractivity (Wildman–Crippen MR) is 64.3 cm³/mol. The van der Waals surface area contributed by atoms with Gasteiger partial charge in [0, 0.05) is 19.3 Å². The number of carbonyl (C=O) groups is 1. The molecule has 5 nitrogen and oxygen atoms in total. The Morgan fingerprint density at radius 3 is 2.81 bits per heavy atom. The molecule has 0 aromatic carbocycles. The summed E-state index contributed by atoms with van der Waals surface area (Å²) in [6, 6.07) is 0.362. The highest BCUT2D eigenvalue weighted by molar-refractivity contribution is 5.92. The third-order valence-corrected chi connectivity index (χ3v) is 2.51. The summed E-state index contributed by atoms with van der Waals surface area (Å²) in [6.45, 7) is 6.35. The number of hydrogen-bond acceptors (Lipinski definition) is 3. The molecule has 1 atom stereocenters. The van der Waals surface area contributed by atoms with Crippen molar-refractivity contribution in [3.05, 3.63) is 11.9 Å². The Bertz CT molecular complexity index is 359. The first-order valence-electron chi connectivity index (χ1n) is 5.56. The van der Waals surface area contributed by atoms with Gasteiger partial charge >= 0.3 is 0 Å². The van der Waals surface area contributed by atoms with Crippen molar-refractivity contribution in [1.82, 2.24) is 15.1 Å². The summed E-state index contributed by atoms with van der Waals surface area (Å²) in [5.74, 6) is -0.0311. The van der Waals surface area contributed by atoms with Crippen LogP contribution >= 0.6 is 0 Å². The summed E-state index contributed by atoms with van der Waals surface area (Å²) in [6.07, 6.45) is 2.82. The highest BCUT2D eigenvalue weighted by atomic mass is 16.1. The summed E-state index contributed by atoms with van der Waals surface area (Å²) in [5, 5.41) is 10.1. The summed E-state index contributed by atoms with van der Waals surface area (Å²) in [4.78, 5) is 11.6. The molecule has 90 valence electrons. The van der Waals surface area contributed by atoms with Crippen molar-refractivity contribution in [3.8, 4) is 0 Å². The molecule has 0 aliphatic carbocycles. The van der Waals surface area contributed by atoms with Gasteiger partial charge in [-0.3, -0.25) is 9.48 Å². The standard InChI is InChI=1S/C11H20N4O/c1-5-8(2)12-6-11(16)13-10-7-15(4)14-9(10)3/h7-8,12H,5-6H2,1-4H3,(H,13,16). The Hall–Kier alpha value is -1.36. The first kappa shape index (κ1) is 12.7. The SMILES string of the molecule is CCC(C)NCC(=O)Nc1cn(C)nc1C. The molecule has 16 heavy (non-hydrogen) atoms. The number of aromatic nitrogens is 2. The molecule has 0 aliphatic rings. The summed E-state index contributed by atoms with van der Waals surface area (Å²) < 4.78 is 1.69. The molecule has 1 aromatic heterocycles. The van der Waals surface area contributed by atoms with E-state index in [9.17, 15) is 4.79 Å². The van der Waals surface area contributed by atoms with Crippen molar-refractivity contribution in [2.24, 2.45) is 7.05 Å². The fourth-order valence-electron chi connectivity index (χ4n) is 1.33. The van der Waals surface area contributed by atoms with E-state index in [0.717, 1.165) is 17.8 Å². The number of nitrogens with zero attached hydrogens (tertiary/aromatic N) is 2. The maximum atomic E-state index is 11.6. The first-order chi connectivity index (χ1) is 7.52. The smallest absolute Gasteiger partial charge is 0.238 e. The molecule has 1 aromatic rings. The average molecular weight is 224 g/mol. The highest BCUT2D eigenvalue weighted by Crippen LogP contribution is 2.10. The lowest BCUT2D eigenvalue weighted by atomic mass is 10.2. The van der Waals surface area contributed by atoms with E-state index < -0.39 is 0 Å². The molecule has 0 spiro atoms. The van der Waals surface area contributed by atoms with Crippen molar-refractivity contribution < 1.29 is 4.79 Å². The van der Waals surface area contributed by atoms with E-state index in [1.165, 1.54) is 0 Å². The number of carbonyl (C=O) groups excluding carboxylic acids is 1. The molecular weight excluding hydrogens is 204 g/mol. The normalized spacial score (nSPS) is 12.5. The van der Waals surface area contributed by atoms with E-state index in [-0.39, 0.29) is 5.91 Å². The Morgan fingerprint density at radius 1 is 1.62 bits per heavy atom.